The molecule has 4 aromatic heterocycles. The SMILES string of the molecule is c1ccc(-c2ccc(-c3nc(-c4cccc(-c5ccccc5)c4)nc(-c4ccc5sc6ccc(C7(c8ccccc8)c8ccccc8-c8ccccc87)cc6c5c4)n3)cc2)cc1.c1ccc(-c2cccc(-c3nc(-c4ccccc4)nc(-c4ccc(-c5ccc6c(c5)oc5cc(C7(c8ccccc8)c8ccccc8-c8ccccc87)ccc56)cc4)n3)c2)cc1. The molecule has 18 aromatic carbocycles. The largest absolute Gasteiger partial charge is 0.456 e. The molecule has 0 N–H and O–H groups in total. The van der Waals surface area contributed by atoms with Gasteiger partial charge in [0.25, 0.3) is 0 Å². The van der Waals surface area contributed by atoms with Crippen molar-refractivity contribution in [2.75, 3.05) is 0 Å². The van der Waals surface area contributed by atoms with Crippen molar-refractivity contribution in [3.05, 3.63) is 493 Å². The van der Waals surface area contributed by atoms with Gasteiger partial charge in [0, 0.05) is 64.3 Å². The molecular weight excluding hydrogens is 1530 g/mol. The van der Waals surface area contributed by atoms with Gasteiger partial charge >= 0.3 is 0 Å². The van der Waals surface area contributed by atoms with Crippen molar-refractivity contribution in [1.82, 2.24) is 29.9 Å². The molecule has 124 heavy (non-hydrogen) atoms. The van der Waals surface area contributed by atoms with Crippen molar-refractivity contribution in [3.63, 3.8) is 0 Å². The fraction of sp³-hybridized carbons (Fsp3) is 0.0172. The van der Waals surface area contributed by atoms with E-state index >= 15 is 0 Å². The van der Waals surface area contributed by atoms with Gasteiger partial charge in [-0.15, -0.1) is 11.3 Å². The molecule has 580 valence electrons. The van der Waals surface area contributed by atoms with Crippen molar-refractivity contribution in [2.45, 2.75) is 10.8 Å². The highest BCUT2D eigenvalue weighted by atomic mass is 32.1. The summed E-state index contributed by atoms with van der Waals surface area (Å²) < 4.78 is 9.26. The number of furan rings is 1. The van der Waals surface area contributed by atoms with Crippen LogP contribution in [-0.2, 0) is 10.8 Å². The molecule has 0 fully saturated rings. The van der Waals surface area contributed by atoms with Crippen LogP contribution in [0.5, 0.6) is 0 Å². The maximum absolute atomic E-state index is 6.78. The molecule has 0 bridgehead atoms. The Balaban J connectivity index is 0.000000143. The van der Waals surface area contributed by atoms with Crippen molar-refractivity contribution in [1.29, 1.82) is 0 Å². The van der Waals surface area contributed by atoms with Crippen LogP contribution in [0, 0.1) is 0 Å². The zero-order valence-electron chi connectivity index (χ0n) is 67.2. The number of thiophene rings is 1. The van der Waals surface area contributed by atoms with E-state index in [9.17, 15) is 0 Å². The number of hydrogen-bond donors (Lipinski definition) is 0. The third-order valence-electron chi connectivity index (χ3n) is 24.9. The fourth-order valence-corrected chi connectivity index (χ4v) is 20.1. The maximum atomic E-state index is 6.78. The number of benzene rings is 18. The number of nitrogens with zero attached hydrogens (tertiary/aromatic N) is 6. The number of fused-ring (bicyclic) bond motifs is 12. The Hall–Kier alpha value is -16.0. The lowest BCUT2D eigenvalue weighted by molar-refractivity contribution is 0.666. The minimum Gasteiger partial charge on any atom is -0.456 e. The quantitative estimate of drug-likeness (QED) is 0.107. The van der Waals surface area contributed by atoms with E-state index in [4.69, 9.17) is 34.3 Å². The molecule has 2 aliphatic rings. The van der Waals surface area contributed by atoms with Gasteiger partial charge in [-0.25, -0.2) is 29.9 Å². The van der Waals surface area contributed by atoms with Crippen LogP contribution in [0.1, 0.15) is 44.5 Å². The maximum Gasteiger partial charge on any atom is 0.164 e. The first-order valence-corrected chi connectivity index (χ1v) is 42.8. The zero-order chi connectivity index (χ0) is 82.1. The first-order valence-electron chi connectivity index (χ1n) is 42.0. The van der Waals surface area contributed by atoms with Crippen LogP contribution in [0.15, 0.2) is 453 Å². The van der Waals surface area contributed by atoms with Crippen LogP contribution in [0.25, 0.3) is 177 Å². The summed E-state index contributed by atoms with van der Waals surface area (Å²) in [7, 11) is 0. The summed E-state index contributed by atoms with van der Waals surface area (Å²) in [6, 6.07) is 160. The standard InChI is InChI=1S/C58H37N3O.C58H37N3S/c1-4-15-38(16-5-1)42-19-14-20-44(35-42)57-60-55(40-17-6-2-7-18-40)59-56(61-57)41-29-27-39(28-30-41)43-31-33-49-50-34-32-46(37-54(50)62-53(49)36-43)58(45-21-8-3-9-22-45)51-25-12-10-23-47(51)48-24-11-13-26-52(48)58;1-4-15-38(16-5-1)40-27-29-41(30-28-40)55-59-56(43-20-14-19-42(35-43)39-17-6-2-7-18-39)61-57(60-55)44-31-33-53-49(36-44)50-37-46(32-34-54(50)62-53)58(45-21-8-3-9-22-45)51-25-12-10-23-47(51)48-24-11-13-26-52(48)58/h2*1-37H. The topological polar surface area (TPSA) is 90.5 Å². The lowest BCUT2D eigenvalue weighted by Gasteiger charge is -2.34. The van der Waals surface area contributed by atoms with Gasteiger partial charge < -0.3 is 4.42 Å². The average molecular weight is 1600 g/mol. The Morgan fingerprint density at radius 1 is 0.169 bits per heavy atom. The van der Waals surface area contributed by atoms with Gasteiger partial charge in [0.2, 0.25) is 0 Å². The van der Waals surface area contributed by atoms with Crippen LogP contribution in [0.2, 0.25) is 0 Å². The smallest absolute Gasteiger partial charge is 0.164 e. The molecule has 24 rings (SSSR count). The fourth-order valence-electron chi connectivity index (χ4n) is 19.1. The molecule has 0 aliphatic heterocycles. The number of rotatable bonds is 14. The summed E-state index contributed by atoms with van der Waals surface area (Å²) in [4.78, 5) is 30.6. The van der Waals surface area contributed by atoms with E-state index in [0.717, 1.165) is 94.3 Å². The summed E-state index contributed by atoms with van der Waals surface area (Å²) in [5.41, 5.74) is 30.6. The molecule has 2 aliphatic carbocycles. The molecule has 22 aromatic rings. The third-order valence-corrected chi connectivity index (χ3v) is 26.0. The number of aromatic nitrogens is 6. The number of hydrogen-bond acceptors (Lipinski definition) is 8. The van der Waals surface area contributed by atoms with E-state index in [1.54, 1.807) is 0 Å². The highest BCUT2D eigenvalue weighted by Gasteiger charge is 2.48. The lowest BCUT2D eigenvalue weighted by Crippen LogP contribution is -2.28. The van der Waals surface area contributed by atoms with Crippen LogP contribution in [0.3, 0.4) is 0 Å². The van der Waals surface area contributed by atoms with E-state index in [2.05, 4.69) is 400 Å². The molecular formula is C116H74N6OS. The molecule has 0 spiro atoms. The van der Waals surface area contributed by atoms with Crippen LogP contribution < -0.4 is 0 Å². The first-order chi connectivity index (χ1) is 61.4. The summed E-state index contributed by atoms with van der Waals surface area (Å²) in [5, 5.41) is 4.61. The normalized spacial score (nSPS) is 12.6. The summed E-state index contributed by atoms with van der Waals surface area (Å²) in [5.74, 6) is 3.79. The van der Waals surface area contributed by atoms with E-state index < -0.39 is 10.8 Å². The van der Waals surface area contributed by atoms with Gasteiger partial charge in [0.15, 0.2) is 34.9 Å². The molecule has 4 heterocycles. The van der Waals surface area contributed by atoms with Crippen LogP contribution >= 0.6 is 11.3 Å². The second-order valence-corrected chi connectivity index (χ2v) is 32.9. The Labute approximate surface area is 722 Å². The molecule has 0 saturated heterocycles. The second-order valence-electron chi connectivity index (χ2n) is 31.9. The van der Waals surface area contributed by atoms with E-state index in [1.165, 1.54) is 92.5 Å². The highest BCUT2D eigenvalue weighted by Crippen LogP contribution is 2.59. The van der Waals surface area contributed by atoms with Crippen molar-refractivity contribution < 1.29 is 4.42 Å². The van der Waals surface area contributed by atoms with Crippen molar-refractivity contribution >= 4 is 53.4 Å². The van der Waals surface area contributed by atoms with Gasteiger partial charge in [-0.2, -0.15) is 0 Å². The van der Waals surface area contributed by atoms with Gasteiger partial charge in [0.1, 0.15) is 11.2 Å². The Kier molecular flexibility index (Phi) is 18.1. The Morgan fingerprint density at radius 3 is 0.879 bits per heavy atom. The minimum absolute atomic E-state index is 0.475. The van der Waals surface area contributed by atoms with E-state index in [-0.39, 0.29) is 0 Å². The molecule has 0 radical (unpaired) electrons. The molecule has 7 nitrogen and oxygen atoms in total. The molecule has 8 heteroatoms. The van der Waals surface area contributed by atoms with Crippen molar-refractivity contribution in [2.24, 2.45) is 0 Å². The molecule has 0 amide bonds. The molecule has 0 unspecified atom stereocenters. The Morgan fingerprint density at radius 2 is 0.435 bits per heavy atom. The molecule has 0 saturated carbocycles. The zero-order valence-corrected chi connectivity index (χ0v) is 68.0. The predicted molar refractivity (Wildman–Crippen MR) is 509 cm³/mol. The lowest BCUT2D eigenvalue weighted by atomic mass is 9.67. The monoisotopic (exact) mass is 1600 g/mol. The highest BCUT2D eigenvalue weighted by molar-refractivity contribution is 7.25. The van der Waals surface area contributed by atoms with Gasteiger partial charge in [-0.3, -0.25) is 0 Å². The van der Waals surface area contributed by atoms with Gasteiger partial charge in [-0.05, 0) is 172 Å². The second kappa shape index (κ2) is 30.7. The van der Waals surface area contributed by atoms with E-state index in [0.29, 0.717) is 34.9 Å². The predicted octanol–water partition coefficient (Wildman–Crippen LogP) is 29.4. The van der Waals surface area contributed by atoms with E-state index in [1.807, 2.05) is 59.9 Å². The molecule has 0 atom stereocenters. The average Bonchev–Trinajstić information content (AvgIpc) is 1.56. The summed E-state index contributed by atoms with van der Waals surface area (Å²) in [6.07, 6.45) is 0. The van der Waals surface area contributed by atoms with Gasteiger partial charge in [0.05, 0.1) is 10.8 Å². The van der Waals surface area contributed by atoms with Crippen LogP contribution in [-0.4, -0.2) is 29.9 Å². The Bertz CT molecular complexity index is 7740. The first kappa shape index (κ1) is 73.2. The van der Waals surface area contributed by atoms with Crippen molar-refractivity contribution in [3.8, 4) is 135 Å². The van der Waals surface area contributed by atoms with Gasteiger partial charge in [-0.1, -0.05) is 388 Å². The minimum atomic E-state index is -0.484. The summed E-state index contributed by atoms with van der Waals surface area (Å²) in [6.45, 7) is 0. The third kappa shape index (κ3) is 12.6. The summed E-state index contributed by atoms with van der Waals surface area (Å²) >= 11 is 1.83. The van der Waals surface area contributed by atoms with Crippen LogP contribution in [0.4, 0.5) is 0 Å².